The third-order valence-electron chi connectivity index (χ3n) is 12.1. The van der Waals surface area contributed by atoms with Crippen LogP contribution in [0.1, 0.15) is 126 Å². The molecule has 3 fully saturated rings. The van der Waals surface area contributed by atoms with E-state index in [1.54, 1.807) is 0 Å². The number of methoxy groups -OCH3 is 1. The maximum Gasteiger partial charge on any atom is 0.328 e. The van der Waals surface area contributed by atoms with Crippen molar-refractivity contribution in [2.24, 2.45) is 52.3 Å². The predicted octanol–water partition coefficient (Wildman–Crippen LogP) is 8.12. The summed E-state index contributed by atoms with van der Waals surface area (Å²) in [5.41, 5.74) is 2.27. The zero-order valence-corrected chi connectivity index (χ0v) is 27.6. The van der Waals surface area contributed by atoms with E-state index in [0.29, 0.717) is 11.8 Å². The van der Waals surface area contributed by atoms with E-state index in [1.807, 2.05) is 0 Å². The maximum absolute atomic E-state index is 13.2. The van der Waals surface area contributed by atoms with E-state index in [1.165, 1.54) is 64.0 Å². The number of rotatable bonds is 12. The van der Waals surface area contributed by atoms with E-state index in [2.05, 4.69) is 59.9 Å². The molecule has 0 aromatic rings. The van der Waals surface area contributed by atoms with Crippen LogP contribution in [0.15, 0.2) is 11.6 Å². The predicted molar refractivity (Wildman–Crippen MR) is 166 cm³/mol. The molecule has 234 valence electrons. The van der Waals surface area contributed by atoms with Gasteiger partial charge in [-0.2, -0.15) is 0 Å². The lowest BCUT2D eigenvalue weighted by molar-refractivity contribution is -0.156. The van der Waals surface area contributed by atoms with Gasteiger partial charge in [0.2, 0.25) is 5.91 Å². The number of ether oxygens (including phenoxy) is 2. The van der Waals surface area contributed by atoms with Crippen molar-refractivity contribution in [3.8, 4) is 0 Å². The molecule has 9 atom stereocenters. The molecule has 0 spiro atoms. The number of fused-ring (bicyclic) bond motifs is 5. The largest absolute Gasteiger partial charge is 0.461 e. The summed E-state index contributed by atoms with van der Waals surface area (Å²) in [5.74, 6) is 4.68. The van der Waals surface area contributed by atoms with Gasteiger partial charge in [-0.1, -0.05) is 79.4 Å². The molecular weight excluding hydrogens is 510 g/mol. The molecule has 4 aliphatic rings. The minimum Gasteiger partial charge on any atom is -0.461 e. The molecule has 0 aliphatic heterocycles. The molecule has 1 unspecified atom stereocenters. The lowest BCUT2D eigenvalue weighted by atomic mass is 9.47. The highest BCUT2D eigenvalue weighted by Gasteiger charge is 2.59. The Bertz CT molecular complexity index is 942. The average molecular weight is 572 g/mol. The van der Waals surface area contributed by atoms with Crippen LogP contribution in [0.3, 0.4) is 0 Å². The van der Waals surface area contributed by atoms with Crippen molar-refractivity contribution in [3.05, 3.63) is 11.6 Å². The zero-order valence-electron chi connectivity index (χ0n) is 27.6. The Labute approximate surface area is 251 Å². The van der Waals surface area contributed by atoms with Crippen LogP contribution in [0, 0.1) is 52.3 Å². The molecule has 0 aromatic heterocycles. The van der Waals surface area contributed by atoms with Gasteiger partial charge < -0.3 is 14.8 Å². The molecule has 4 rings (SSSR count). The first kappa shape index (κ1) is 32.6. The molecule has 5 nitrogen and oxygen atoms in total. The van der Waals surface area contributed by atoms with Gasteiger partial charge in [-0.05, 0) is 104 Å². The minimum atomic E-state index is -0.616. The Balaban J connectivity index is 1.40. The van der Waals surface area contributed by atoms with Crippen LogP contribution in [-0.4, -0.2) is 37.7 Å². The van der Waals surface area contributed by atoms with Crippen molar-refractivity contribution in [2.75, 3.05) is 13.7 Å². The van der Waals surface area contributed by atoms with Crippen molar-refractivity contribution in [1.29, 1.82) is 0 Å². The Hall–Kier alpha value is -1.36. The quantitative estimate of drug-likeness (QED) is 0.190. The molecule has 0 bridgehead atoms. The third kappa shape index (κ3) is 7.07. The van der Waals surface area contributed by atoms with E-state index in [4.69, 9.17) is 9.47 Å². The number of esters is 1. The van der Waals surface area contributed by atoms with Crippen LogP contribution in [0.5, 0.6) is 0 Å². The standard InChI is InChI=1S/C36H61NO4/c1-23(2)10-9-11-25(5)29-14-15-30-28-13-12-26-21-27(16-18-35(26,6)31(28)17-19-36(29,30)7)41-34(39)32(20-24(3)4)37-33(38)22-40-8/h12,23-25,27-32H,9-11,13-22H2,1-8H3,(H,37,38)/t25-,27+,28+,29-,30+,31+,32?,35+,36-/m1/s1. The zero-order chi connectivity index (χ0) is 29.9. The van der Waals surface area contributed by atoms with Gasteiger partial charge in [-0.15, -0.1) is 0 Å². The summed E-state index contributed by atoms with van der Waals surface area (Å²) in [7, 11) is 1.49. The smallest absolute Gasteiger partial charge is 0.328 e. The van der Waals surface area contributed by atoms with Gasteiger partial charge >= 0.3 is 5.97 Å². The first-order valence-corrected chi connectivity index (χ1v) is 17.1. The number of allylic oxidation sites excluding steroid dienone is 1. The molecule has 5 heteroatoms. The van der Waals surface area contributed by atoms with E-state index in [-0.39, 0.29) is 35.9 Å². The van der Waals surface area contributed by atoms with Gasteiger partial charge in [-0.25, -0.2) is 4.79 Å². The highest BCUT2D eigenvalue weighted by atomic mass is 16.5. The summed E-state index contributed by atoms with van der Waals surface area (Å²) in [6, 6.07) is -0.616. The molecule has 0 aromatic carbocycles. The summed E-state index contributed by atoms with van der Waals surface area (Å²) >= 11 is 0. The molecule has 3 saturated carbocycles. The molecular formula is C36H61NO4. The van der Waals surface area contributed by atoms with Gasteiger partial charge in [-0.3, -0.25) is 4.79 Å². The number of hydrogen-bond acceptors (Lipinski definition) is 4. The van der Waals surface area contributed by atoms with Crippen molar-refractivity contribution >= 4 is 11.9 Å². The number of carbonyl (C=O) groups is 2. The van der Waals surface area contributed by atoms with Gasteiger partial charge in [0.05, 0.1) is 0 Å². The monoisotopic (exact) mass is 571 g/mol. The first-order chi connectivity index (χ1) is 19.4. The fourth-order valence-electron chi connectivity index (χ4n) is 10.1. The fourth-order valence-corrected chi connectivity index (χ4v) is 10.1. The average Bonchev–Trinajstić information content (AvgIpc) is 3.25. The number of hydrogen-bond donors (Lipinski definition) is 1. The second-order valence-electron chi connectivity index (χ2n) is 15.8. The number of amides is 1. The summed E-state index contributed by atoms with van der Waals surface area (Å²) < 4.78 is 11.1. The van der Waals surface area contributed by atoms with Crippen LogP contribution in [0.2, 0.25) is 0 Å². The lowest BCUT2D eigenvalue weighted by Gasteiger charge is -2.58. The first-order valence-electron chi connectivity index (χ1n) is 17.1. The summed E-state index contributed by atoms with van der Waals surface area (Å²) in [5, 5.41) is 2.84. The van der Waals surface area contributed by atoms with Crippen LogP contribution >= 0.6 is 0 Å². The summed E-state index contributed by atoms with van der Waals surface area (Å²) in [6.07, 6.45) is 16.9. The Morgan fingerprint density at radius 2 is 1.73 bits per heavy atom. The summed E-state index contributed by atoms with van der Waals surface area (Å²) in [6.45, 7) is 16.6. The Morgan fingerprint density at radius 3 is 2.41 bits per heavy atom. The summed E-state index contributed by atoms with van der Waals surface area (Å²) in [4.78, 5) is 25.4. The fraction of sp³-hybridized carbons (Fsp3) is 0.889. The van der Waals surface area contributed by atoms with Crippen molar-refractivity contribution in [1.82, 2.24) is 5.32 Å². The SMILES string of the molecule is COCC(=O)NC(CC(C)C)C(=O)O[C@H]1CC[C@@]2(C)C(=CC[C@H]3[C@@H]4CC[C@H]([C@H](C)CCCC(C)C)[C@@]4(C)CC[C@@H]32)C1. The van der Waals surface area contributed by atoms with E-state index in [0.717, 1.165) is 54.8 Å². The van der Waals surface area contributed by atoms with Crippen molar-refractivity contribution in [2.45, 2.75) is 138 Å². The van der Waals surface area contributed by atoms with Crippen molar-refractivity contribution in [3.63, 3.8) is 0 Å². The molecule has 0 radical (unpaired) electrons. The highest BCUT2D eigenvalue weighted by molar-refractivity contribution is 5.85. The number of nitrogens with one attached hydrogen (secondary N) is 1. The Kier molecular flexibility index (Phi) is 10.7. The third-order valence-corrected chi connectivity index (χ3v) is 12.1. The topological polar surface area (TPSA) is 64.6 Å². The molecule has 0 heterocycles. The second-order valence-corrected chi connectivity index (χ2v) is 15.8. The second kappa shape index (κ2) is 13.5. The molecule has 41 heavy (non-hydrogen) atoms. The molecule has 4 aliphatic carbocycles. The van der Waals surface area contributed by atoms with Gasteiger partial charge in [0.1, 0.15) is 18.8 Å². The van der Waals surface area contributed by atoms with Gasteiger partial charge in [0.15, 0.2) is 0 Å². The van der Waals surface area contributed by atoms with Crippen LogP contribution in [0.4, 0.5) is 0 Å². The maximum atomic E-state index is 13.2. The molecule has 1 N–H and O–H groups in total. The highest BCUT2D eigenvalue weighted by Crippen LogP contribution is 2.67. The lowest BCUT2D eigenvalue weighted by Crippen LogP contribution is -2.51. The van der Waals surface area contributed by atoms with Gasteiger partial charge in [0.25, 0.3) is 0 Å². The van der Waals surface area contributed by atoms with E-state index < -0.39 is 6.04 Å². The van der Waals surface area contributed by atoms with E-state index in [9.17, 15) is 9.59 Å². The Morgan fingerprint density at radius 1 is 0.976 bits per heavy atom. The van der Waals surface area contributed by atoms with Crippen LogP contribution < -0.4 is 5.32 Å². The van der Waals surface area contributed by atoms with Crippen molar-refractivity contribution < 1.29 is 19.1 Å². The van der Waals surface area contributed by atoms with Gasteiger partial charge in [0, 0.05) is 13.5 Å². The minimum absolute atomic E-state index is 0.0447. The van der Waals surface area contributed by atoms with E-state index >= 15 is 0 Å². The molecule has 0 saturated heterocycles. The van der Waals surface area contributed by atoms with Crippen LogP contribution in [0.25, 0.3) is 0 Å². The number of carbonyl (C=O) groups excluding carboxylic acids is 2. The molecule has 1 amide bonds. The van der Waals surface area contributed by atoms with Crippen LogP contribution in [-0.2, 0) is 19.1 Å². The normalized spacial score (nSPS) is 36.1.